The molecule has 1 aliphatic rings. The average Bonchev–Trinajstić information content (AvgIpc) is 3.17. The van der Waals surface area contributed by atoms with Gasteiger partial charge in [0.25, 0.3) is 0 Å². The van der Waals surface area contributed by atoms with Crippen LogP contribution in [-0.4, -0.2) is 51.2 Å². The maximum atomic E-state index is 13.1. The van der Waals surface area contributed by atoms with E-state index >= 15 is 0 Å². The Labute approximate surface area is 150 Å². The summed E-state index contributed by atoms with van der Waals surface area (Å²) in [7, 11) is 0. The summed E-state index contributed by atoms with van der Waals surface area (Å²) in [5.41, 5.74) is 1.28. The second-order valence-corrected chi connectivity index (χ2v) is 6.65. The Bertz CT molecular complexity index is 641. The van der Waals surface area contributed by atoms with E-state index in [1.807, 2.05) is 27.9 Å². The van der Waals surface area contributed by atoms with E-state index in [0.29, 0.717) is 6.54 Å². The summed E-state index contributed by atoms with van der Waals surface area (Å²) in [4.78, 5) is 17.5. The maximum absolute atomic E-state index is 13.1. The molecular formula is C20H28N4O. The topological polar surface area (TPSA) is 41.4 Å². The first kappa shape index (κ1) is 17.7. The summed E-state index contributed by atoms with van der Waals surface area (Å²) in [5, 5.41) is 4.23. The lowest BCUT2D eigenvalue weighted by Crippen LogP contribution is -2.51. The minimum Gasteiger partial charge on any atom is -0.340 e. The van der Waals surface area contributed by atoms with Gasteiger partial charge >= 0.3 is 0 Å². The fraction of sp³-hybridized carbons (Fsp3) is 0.500. The molecule has 1 amide bonds. The van der Waals surface area contributed by atoms with E-state index in [-0.39, 0.29) is 11.9 Å². The zero-order chi connectivity index (χ0) is 17.5. The second kappa shape index (κ2) is 8.81. The van der Waals surface area contributed by atoms with Gasteiger partial charge in [-0.3, -0.25) is 14.4 Å². The van der Waals surface area contributed by atoms with Crippen LogP contribution in [0, 0.1) is 0 Å². The van der Waals surface area contributed by atoms with Crippen molar-refractivity contribution in [2.24, 2.45) is 0 Å². The summed E-state index contributed by atoms with van der Waals surface area (Å²) in [5.74, 6) is 0.269. The molecule has 5 heteroatoms. The molecule has 0 saturated carbocycles. The van der Waals surface area contributed by atoms with Gasteiger partial charge in [0.1, 0.15) is 0 Å². The maximum Gasteiger partial charge on any atom is 0.239 e. The number of carbonyl (C=O) groups excluding carboxylic acids is 1. The van der Waals surface area contributed by atoms with Gasteiger partial charge in [0.2, 0.25) is 5.91 Å². The van der Waals surface area contributed by atoms with Gasteiger partial charge < -0.3 is 4.90 Å². The molecule has 3 rings (SSSR count). The third-order valence-electron chi connectivity index (χ3n) is 4.98. The van der Waals surface area contributed by atoms with Gasteiger partial charge in [-0.2, -0.15) is 5.10 Å². The number of rotatable bonds is 7. The lowest BCUT2D eigenvalue weighted by molar-refractivity contribution is -0.138. The lowest BCUT2D eigenvalue weighted by atomic mass is 9.99. The standard InChI is InChI=1S/C20H28N4O/c1-2-22(15-16-24-14-8-12-21-24)20(25)19-11-6-7-13-23(19)17-18-9-4-3-5-10-18/h3-5,8-10,12,14,19H,2,6-7,11,13,15-17H2,1H3/t19-/m1/s1. The first-order valence-electron chi connectivity index (χ1n) is 9.32. The number of amides is 1. The summed E-state index contributed by atoms with van der Waals surface area (Å²) < 4.78 is 1.89. The molecule has 0 unspecified atom stereocenters. The fourth-order valence-electron chi connectivity index (χ4n) is 3.57. The van der Waals surface area contributed by atoms with Crippen LogP contribution < -0.4 is 0 Å². The quantitative estimate of drug-likeness (QED) is 0.778. The number of benzene rings is 1. The summed E-state index contributed by atoms with van der Waals surface area (Å²) in [6, 6.07) is 12.4. The molecule has 134 valence electrons. The van der Waals surface area contributed by atoms with E-state index in [1.54, 1.807) is 6.20 Å². The molecule has 1 aliphatic heterocycles. The van der Waals surface area contributed by atoms with Crippen molar-refractivity contribution >= 4 is 5.91 Å². The van der Waals surface area contributed by atoms with Crippen LogP contribution in [-0.2, 0) is 17.9 Å². The van der Waals surface area contributed by atoms with E-state index in [4.69, 9.17) is 0 Å². The molecule has 1 atom stereocenters. The summed E-state index contributed by atoms with van der Waals surface area (Å²) >= 11 is 0. The van der Waals surface area contributed by atoms with Crippen LogP contribution in [0.1, 0.15) is 31.7 Å². The van der Waals surface area contributed by atoms with E-state index < -0.39 is 0 Å². The van der Waals surface area contributed by atoms with E-state index in [1.165, 1.54) is 12.0 Å². The zero-order valence-electron chi connectivity index (χ0n) is 15.1. The average molecular weight is 340 g/mol. The fourth-order valence-corrected chi connectivity index (χ4v) is 3.57. The Balaban J connectivity index is 1.64. The molecule has 2 aromatic rings. The van der Waals surface area contributed by atoms with Gasteiger partial charge in [-0.25, -0.2) is 0 Å². The molecule has 1 saturated heterocycles. The van der Waals surface area contributed by atoms with Crippen LogP contribution in [0.15, 0.2) is 48.8 Å². The summed E-state index contributed by atoms with van der Waals surface area (Å²) in [6.45, 7) is 6.13. The Morgan fingerprint density at radius 2 is 2.08 bits per heavy atom. The number of hydrogen-bond donors (Lipinski definition) is 0. The predicted octanol–water partition coefficient (Wildman–Crippen LogP) is 2.79. The zero-order valence-corrected chi connectivity index (χ0v) is 15.1. The van der Waals surface area contributed by atoms with Gasteiger partial charge in [0, 0.05) is 32.0 Å². The molecule has 25 heavy (non-hydrogen) atoms. The molecule has 0 N–H and O–H groups in total. The smallest absolute Gasteiger partial charge is 0.239 e. The van der Waals surface area contributed by atoms with Crippen molar-refractivity contribution in [2.75, 3.05) is 19.6 Å². The normalized spacial score (nSPS) is 18.2. The van der Waals surface area contributed by atoms with Gasteiger partial charge in [-0.15, -0.1) is 0 Å². The van der Waals surface area contributed by atoms with Crippen molar-refractivity contribution < 1.29 is 4.79 Å². The molecule has 0 aliphatic carbocycles. The Morgan fingerprint density at radius 1 is 1.24 bits per heavy atom. The van der Waals surface area contributed by atoms with Gasteiger partial charge in [-0.05, 0) is 37.9 Å². The highest BCUT2D eigenvalue weighted by Crippen LogP contribution is 2.21. The molecule has 0 spiro atoms. The monoisotopic (exact) mass is 340 g/mol. The minimum absolute atomic E-state index is 0.00604. The first-order valence-corrected chi connectivity index (χ1v) is 9.32. The highest BCUT2D eigenvalue weighted by atomic mass is 16.2. The van der Waals surface area contributed by atoms with Crippen LogP contribution >= 0.6 is 0 Å². The van der Waals surface area contributed by atoms with Gasteiger partial charge in [0.05, 0.1) is 12.6 Å². The largest absolute Gasteiger partial charge is 0.340 e. The SMILES string of the molecule is CCN(CCn1cccn1)C(=O)[C@H]1CCCCN1Cc1ccccc1. The second-order valence-electron chi connectivity index (χ2n) is 6.65. The number of nitrogens with zero attached hydrogens (tertiary/aromatic N) is 4. The molecular weight excluding hydrogens is 312 g/mol. The molecule has 0 radical (unpaired) electrons. The van der Waals surface area contributed by atoms with Crippen molar-refractivity contribution in [3.05, 3.63) is 54.4 Å². The van der Waals surface area contributed by atoms with Crippen molar-refractivity contribution in [3.63, 3.8) is 0 Å². The number of likely N-dealkylation sites (tertiary alicyclic amines) is 1. The first-order chi connectivity index (χ1) is 12.3. The molecule has 0 bridgehead atoms. The molecule has 5 nitrogen and oxygen atoms in total. The van der Waals surface area contributed by atoms with Crippen LogP contribution in [0.5, 0.6) is 0 Å². The number of hydrogen-bond acceptors (Lipinski definition) is 3. The van der Waals surface area contributed by atoms with Crippen molar-refractivity contribution in [1.82, 2.24) is 19.6 Å². The molecule has 2 heterocycles. The number of aromatic nitrogens is 2. The molecule has 1 aromatic carbocycles. The van der Waals surface area contributed by atoms with Crippen LogP contribution in [0.4, 0.5) is 0 Å². The third-order valence-corrected chi connectivity index (χ3v) is 4.98. The van der Waals surface area contributed by atoms with Crippen molar-refractivity contribution in [3.8, 4) is 0 Å². The predicted molar refractivity (Wildman–Crippen MR) is 99.0 cm³/mol. The van der Waals surface area contributed by atoms with Crippen LogP contribution in [0.25, 0.3) is 0 Å². The number of likely N-dealkylation sites (N-methyl/N-ethyl adjacent to an activating group) is 1. The van der Waals surface area contributed by atoms with Crippen molar-refractivity contribution in [2.45, 2.75) is 45.3 Å². The van der Waals surface area contributed by atoms with Crippen molar-refractivity contribution in [1.29, 1.82) is 0 Å². The van der Waals surface area contributed by atoms with Gasteiger partial charge in [-0.1, -0.05) is 36.8 Å². The van der Waals surface area contributed by atoms with Gasteiger partial charge in [0.15, 0.2) is 0 Å². The summed E-state index contributed by atoms with van der Waals surface area (Å²) in [6.07, 6.45) is 7.00. The highest BCUT2D eigenvalue weighted by Gasteiger charge is 2.31. The third kappa shape index (κ3) is 4.69. The molecule has 1 fully saturated rings. The van der Waals surface area contributed by atoms with E-state index in [0.717, 1.165) is 39.0 Å². The van der Waals surface area contributed by atoms with Crippen LogP contribution in [0.2, 0.25) is 0 Å². The lowest BCUT2D eigenvalue weighted by Gasteiger charge is -2.37. The highest BCUT2D eigenvalue weighted by molar-refractivity contribution is 5.82. The Hall–Kier alpha value is -2.14. The number of piperidine rings is 1. The number of carbonyl (C=O) groups is 1. The van der Waals surface area contributed by atoms with Crippen LogP contribution in [0.3, 0.4) is 0 Å². The molecule has 1 aromatic heterocycles. The van der Waals surface area contributed by atoms with E-state index in [9.17, 15) is 4.79 Å². The Morgan fingerprint density at radius 3 is 2.80 bits per heavy atom. The minimum atomic E-state index is 0.00604. The Kier molecular flexibility index (Phi) is 6.23. The van der Waals surface area contributed by atoms with E-state index in [2.05, 4.69) is 41.2 Å².